The minimum Gasteiger partial charge on any atom is -0.336 e. The number of urea groups is 1. The van der Waals surface area contributed by atoms with Crippen molar-refractivity contribution >= 4 is 22.9 Å². The lowest BCUT2D eigenvalue weighted by Gasteiger charge is -2.12. The molecule has 7 heteroatoms. The highest BCUT2D eigenvalue weighted by Gasteiger charge is 2.14. The number of hydrogen-bond acceptors (Lipinski definition) is 3. The third-order valence-electron chi connectivity index (χ3n) is 4.87. The largest absolute Gasteiger partial charge is 0.336 e. The Morgan fingerprint density at radius 1 is 1.10 bits per heavy atom. The lowest BCUT2D eigenvalue weighted by atomic mass is 10.1. The van der Waals surface area contributed by atoms with Crippen LogP contribution in [0.15, 0.2) is 60.8 Å². The van der Waals surface area contributed by atoms with Crippen LogP contribution in [0.5, 0.6) is 0 Å². The first kappa shape index (κ1) is 19.6. The number of pyridine rings is 1. The van der Waals surface area contributed by atoms with E-state index in [0.29, 0.717) is 24.6 Å². The number of fused-ring (bicyclic) bond motifs is 1. The van der Waals surface area contributed by atoms with Gasteiger partial charge in [0.1, 0.15) is 17.2 Å². The van der Waals surface area contributed by atoms with E-state index in [-0.39, 0.29) is 11.8 Å². The van der Waals surface area contributed by atoms with E-state index >= 15 is 0 Å². The molecule has 0 bridgehead atoms. The van der Waals surface area contributed by atoms with Crippen molar-refractivity contribution < 1.29 is 9.18 Å². The highest BCUT2D eigenvalue weighted by Crippen LogP contribution is 2.23. The molecular formula is C23H22FN5O. The first-order chi connectivity index (χ1) is 14.5. The number of rotatable bonds is 5. The van der Waals surface area contributed by atoms with Gasteiger partial charge >= 0.3 is 6.03 Å². The Labute approximate surface area is 173 Å². The number of anilines is 1. The first-order valence-electron chi connectivity index (χ1n) is 9.70. The van der Waals surface area contributed by atoms with Crippen molar-refractivity contribution in [2.45, 2.75) is 20.4 Å². The molecule has 6 nitrogen and oxygen atoms in total. The standard InChI is InChI=1S/C23H22FN5O/c1-15-5-6-16(2)20(14-15)28-23(30)26-12-13-29-21(17-7-9-18(24)10-8-17)27-19-4-3-11-25-22(19)29/h3-11,14H,12-13H2,1-2H3,(H2,26,28,30). The third-order valence-corrected chi connectivity index (χ3v) is 4.87. The average molecular weight is 403 g/mol. The van der Waals surface area contributed by atoms with Crippen LogP contribution in [0.3, 0.4) is 0 Å². The van der Waals surface area contributed by atoms with Gasteiger partial charge < -0.3 is 15.2 Å². The highest BCUT2D eigenvalue weighted by molar-refractivity contribution is 5.90. The molecule has 0 unspecified atom stereocenters. The molecule has 2 N–H and O–H groups in total. The van der Waals surface area contributed by atoms with Gasteiger partial charge in [0.15, 0.2) is 5.65 Å². The average Bonchev–Trinajstić information content (AvgIpc) is 3.10. The number of aromatic nitrogens is 3. The van der Waals surface area contributed by atoms with E-state index in [1.165, 1.54) is 12.1 Å². The fourth-order valence-corrected chi connectivity index (χ4v) is 3.31. The van der Waals surface area contributed by atoms with Crippen molar-refractivity contribution in [2.24, 2.45) is 0 Å². The van der Waals surface area contributed by atoms with Gasteiger partial charge in [0.25, 0.3) is 0 Å². The van der Waals surface area contributed by atoms with Crippen molar-refractivity contribution in [1.82, 2.24) is 19.9 Å². The van der Waals surface area contributed by atoms with E-state index < -0.39 is 0 Å². The zero-order chi connectivity index (χ0) is 21.1. The number of aryl methyl sites for hydroxylation is 2. The fourth-order valence-electron chi connectivity index (χ4n) is 3.31. The summed E-state index contributed by atoms with van der Waals surface area (Å²) in [6, 6.07) is 15.5. The molecule has 2 aromatic carbocycles. The number of nitrogens with one attached hydrogen (secondary N) is 2. The molecule has 152 valence electrons. The monoisotopic (exact) mass is 403 g/mol. The van der Waals surface area contributed by atoms with Crippen LogP contribution in [0.1, 0.15) is 11.1 Å². The van der Waals surface area contributed by atoms with Crippen LogP contribution < -0.4 is 10.6 Å². The molecule has 2 amide bonds. The smallest absolute Gasteiger partial charge is 0.319 e. The Morgan fingerprint density at radius 3 is 2.70 bits per heavy atom. The SMILES string of the molecule is Cc1ccc(C)c(NC(=O)NCCn2c(-c3ccc(F)cc3)nc3cccnc32)c1. The molecular weight excluding hydrogens is 381 g/mol. The number of halogens is 1. The van der Waals surface area contributed by atoms with E-state index in [9.17, 15) is 9.18 Å². The van der Waals surface area contributed by atoms with E-state index in [0.717, 1.165) is 27.9 Å². The minimum atomic E-state index is -0.302. The van der Waals surface area contributed by atoms with Crippen molar-refractivity contribution in [3.63, 3.8) is 0 Å². The molecule has 0 spiro atoms. The summed E-state index contributed by atoms with van der Waals surface area (Å²) >= 11 is 0. The summed E-state index contributed by atoms with van der Waals surface area (Å²) in [7, 11) is 0. The van der Waals surface area contributed by atoms with Gasteiger partial charge in [-0.1, -0.05) is 12.1 Å². The Morgan fingerprint density at radius 2 is 1.90 bits per heavy atom. The first-order valence-corrected chi connectivity index (χ1v) is 9.70. The van der Waals surface area contributed by atoms with Crippen LogP contribution >= 0.6 is 0 Å². The lowest BCUT2D eigenvalue weighted by molar-refractivity contribution is 0.251. The second kappa shape index (κ2) is 8.32. The minimum absolute atomic E-state index is 0.274. The predicted molar refractivity (Wildman–Crippen MR) is 116 cm³/mol. The fraction of sp³-hybridized carbons (Fsp3) is 0.174. The van der Waals surface area contributed by atoms with Crippen molar-refractivity contribution in [1.29, 1.82) is 0 Å². The number of amides is 2. The van der Waals surface area contributed by atoms with Crippen LogP contribution in [0.25, 0.3) is 22.6 Å². The second-order valence-corrected chi connectivity index (χ2v) is 7.14. The van der Waals surface area contributed by atoms with Gasteiger partial charge in [0.2, 0.25) is 0 Å². The number of carbonyl (C=O) groups is 1. The third kappa shape index (κ3) is 4.15. The van der Waals surface area contributed by atoms with E-state index in [4.69, 9.17) is 0 Å². The van der Waals surface area contributed by atoms with E-state index in [1.807, 2.05) is 48.7 Å². The molecule has 0 fully saturated rings. The number of nitrogens with zero attached hydrogens (tertiary/aromatic N) is 3. The van der Waals surface area contributed by atoms with Gasteiger partial charge in [-0.25, -0.2) is 19.2 Å². The molecule has 0 saturated carbocycles. The normalized spacial score (nSPS) is 10.9. The molecule has 0 aliphatic rings. The summed E-state index contributed by atoms with van der Waals surface area (Å²) in [6.07, 6.45) is 1.70. The van der Waals surface area contributed by atoms with Crippen LogP contribution in [0.4, 0.5) is 14.9 Å². The number of carbonyl (C=O) groups excluding carboxylic acids is 1. The Kier molecular flexibility index (Phi) is 5.43. The molecule has 4 aromatic rings. The highest BCUT2D eigenvalue weighted by atomic mass is 19.1. The molecule has 4 rings (SSSR count). The molecule has 2 heterocycles. The van der Waals surface area contributed by atoms with Crippen LogP contribution in [0.2, 0.25) is 0 Å². The summed E-state index contributed by atoms with van der Waals surface area (Å²) in [5, 5.41) is 5.77. The predicted octanol–water partition coefficient (Wildman–Crippen LogP) is 4.68. The van der Waals surface area contributed by atoms with Crippen LogP contribution in [-0.2, 0) is 6.54 Å². The second-order valence-electron chi connectivity index (χ2n) is 7.14. The molecule has 0 atom stereocenters. The Hall–Kier alpha value is -3.74. The van der Waals surface area contributed by atoms with Gasteiger partial charge in [-0.05, 0) is 67.4 Å². The zero-order valence-corrected chi connectivity index (χ0v) is 16.8. The van der Waals surface area contributed by atoms with Gasteiger partial charge in [-0.15, -0.1) is 0 Å². The summed E-state index contributed by atoms with van der Waals surface area (Å²) in [5.74, 6) is 0.379. The number of hydrogen-bond donors (Lipinski definition) is 2. The topological polar surface area (TPSA) is 71.8 Å². The summed E-state index contributed by atoms with van der Waals surface area (Å²) in [6.45, 7) is 4.79. The van der Waals surface area contributed by atoms with Crippen LogP contribution in [0, 0.1) is 19.7 Å². The van der Waals surface area contributed by atoms with Crippen LogP contribution in [-0.4, -0.2) is 27.1 Å². The molecule has 0 saturated heterocycles. The maximum Gasteiger partial charge on any atom is 0.319 e. The van der Waals surface area contributed by atoms with E-state index in [1.54, 1.807) is 18.3 Å². The molecule has 0 aliphatic heterocycles. The summed E-state index contributed by atoms with van der Waals surface area (Å²) in [4.78, 5) is 21.4. The van der Waals surface area contributed by atoms with Gasteiger partial charge in [-0.2, -0.15) is 0 Å². The van der Waals surface area contributed by atoms with Gasteiger partial charge in [0, 0.05) is 30.5 Å². The van der Waals surface area contributed by atoms with Crippen molar-refractivity contribution in [3.8, 4) is 11.4 Å². The maximum absolute atomic E-state index is 13.3. The maximum atomic E-state index is 13.3. The lowest BCUT2D eigenvalue weighted by Crippen LogP contribution is -2.31. The van der Waals surface area contributed by atoms with E-state index in [2.05, 4.69) is 20.6 Å². The molecule has 30 heavy (non-hydrogen) atoms. The molecule has 0 radical (unpaired) electrons. The Balaban J connectivity index is 1.51. The molecule has 0 aliphatic carbocycles. The Bertz CT molecular complexity index is 1200. The van der Waals surface area contributed by atoms with Crippen molar-refractivity contribution in [2.75, 3.05) is 11.9 Å². The molecule has 2 aromatic heterocycles. The van der Waals surface area contributed by atoms with Gasteiger partial charge in [0.05, 0.1) is 0 Å². The quantitative estimate of drug-likeness (QED) is 0.508. The number of imidazole rings is 1. The van der Waals surface area contributed by atoms with Gasteiger partial charge in [-0.3, -0.25) is 0 Å². The van der Waals surface area contributed by atoms with Crippen molar-refractivity contribution in [3.05, 3.63) is 77.7 Å². The number of benzene rings is 2. The summed E-state index contributed by atoms with van der Waals surface area (Å²) in [5.41, 5.74) is 5.11. The zero-order valence-electron chi connectivity index (χ0n) is 16.8. The summed E-state index contributed by atoms with van der Waals surface area (Å²) < 4.78 is 15.3.